The van der Waals surface area contributed by atoms with E-state index >= 15 is 0 Å². The van der Waals surface area contributed by atoms with Gasteiger partial charge in [-0.3, -0.25) is 9.59 Å². The summed E-state index contributed by atoms with van der Waals surface area (Å²) in [4.78, 5) is 45.2. The highest BCUT2D eigenvalue weighted by Crippen LogP contribution is 2.33. The second kappa shape index (κ2) is 9.60. The summed E-state index contributed by atoms with van der Waals surface area (Å²) in [7, 11) is 1.58. The molecular weight excluding hydrogens is 432 g/mol. The molecule has 0 aliphatic carbocycles. The molecule has 1 aromatic carbocycles. The number of aromatic nitrogens is 2. The second-order valence-corrected chi connectivity index (χ2v) is 10.8. The van der Waals surface area contributed by atoms with Crippen molar-refractivity contribution in [3.8, 4) is 11.4 Å². The van der Waals surface area contributed by atoms with Crippen LogP contribution in [0.15, 0.2) is 30.3 Å². The smallest absolute Gasteiger partial charge is 0.410 e. The Morgan fingerprint density at radius 3 is 2.26 bits per heavy atom. The highest BCUT2D eigenvalue weighted by atomic mass is 16.6. The number of carbonyl (C=O) groups excluding carboxylic acids is 3. The maximum absolute atomic E-state index is 13.6. The number of rotatable bonds is 5. The van der Waals surface area contributed by atoms with Crippen molar-refractivity contribution in [3.05, 3.63) is 41.7 Å². The number of nitrogens with zero attached hydrogens (tertiary/aromatic N) is 3. The third-order valence-electron chi connectivity index (χ3n) is 5.95. The van der Waals surface area contributed by atoms with Gasteiger partial charge in [0.05, 0.1) is 18.2 Å². The van der Waals surface area contributed by atoms with Crippen LogP contribution in [-0.4, -0.2) is 51.4 Å². The molecule has 0 saturated carbocycles. The van der Waals surface area contributed by atoms with Gasteiger partial charge in [0.2, 0.25) is 5.91 Å². The highest BCUT2D eigenvalue weighted by molar-refractivity contribution is 5.99. The molecule has 2 aromatic rings. The Bertz CT molecular complexity index is 1060. The lowest BCUT2D eigenvalue weighted by Gasteiger charge is -2.32. The van der Waals surface area contributed by atoms with E-state index in [1.165, 1.54) is 0 Å². The van der Waals surface area contributed by atoms with E-state index < -0.39 is 23.0 Å². The summed E-state index contributed by atoms with van der Waals surface area (Å²) in [6, 6.07) is 9.68. The molecule has 1 aliphatic rings. The Balaban J connectivity index is 2.00. The summed E-state index contributed by atoms with van der Waals surface area (Å²) >= 11 is 0. The minimum absolute atomic E-state index is 0.0356. The van der Waals surface area contributed by atoms with Gasteiger partial charge in [0.1, 0.15) is 17.1 Å². The number of ether oxygens (including phenoxy) is 1. The summed E-state index contributed by atoms with van der Waals surface area (Å²) in [5.74, 6) is -0.198. The molecule has 0 fully saturated rings. The zero-order valence-corrected chi connectivity index (χ0v) is 21.3. The van der Waals surface area contributed by atoms with Gasteiger partial charge in [0.25, 0.3) is 0 Å². The van der Waals surface area contributed by atoms with Crippen LogP contribution < -0.4 is 5.32 Å². The lowest BCUT2D eigenvalue weighted by Crippen LogP contribution is -2.42. The van der Waals surface area contributed by atoms with Gasteiger partial charge in [-0.05, 0) is 26.2 Å². The number of imidazole rings is 1. The molecule has 1 N–H and O–H groups in total. The molecule has 1 atom stereocenters. The van der Waals surface area contributed by atoms with Crippen molar-refractivity contribution >= 4 is 17.8 Å². The highest BCUT2D eigenvalue weighted by Gasteiger charge is 2.36. The minimum atomic E-state index is -0.615. The van der Waals surface area contributed by atoms with Crippen LogP contribution in [0.3, 0.4) is 0 Å². The molecule has 2 amide bonds. The SMILES string of the molecule is CNC(=O)[C@H](CC(=O)c1nc(-c2ccccc2)n2c1CN(C(=O)OC(C)(C)C)CC2)C(C)(C)C. The first-order chi connectivity index (χ1) is 15.8. The molecule has 1 aliphatic heterocycles. The monoisotopic (exact) mass is 468 g/mol. The van der Waals surface area contributed by atoms with Crippen molar-refractivity contribution < 1.29 is 19.1 Å². The molecule has 3 rings (SSSR count). The number of nitrogens with one attached hydrogen (secondary N) is 1. The lowest BCUT2D eigenvalue weighted by atomic mass is 9.77. The quantitative estimate of drug-likeness (QED) is 0.661. The molecular formula is C26H36N4O4. The predicted octanol–water partition coefficient (Wildman–Crippen LogP) is 4.28. The minimum Gasteiger partial charge on any atom is -0.444 e. The maximum atomic E-state index is 13.6. The molecule has 184 valence electrons. The summed E-state index contributed by atoms with van der Waals surface area (Å²) in [5, 5.41) is 2.68. The zero-order valence-electron chi connectivity index (χ0n) is 21.3. The summed E-state index contributed by atoms with van der Waals surface area (Å²) in [5.41, 5.74) is 0.860. The molecule has 0 unspecified atom stereocenters. The normalized spacial score (nSPS) is 14.9. The number of Topliss-reactive ketones (excluding diaryl/α,β-unsaturated/α-hetero) is 1. The van der Waals surface area contributed by atoms with Gasteiger partial charge in [-0.1, -0.05) is 51.1 Å². The first-order valence-corrected chi connectivity index (χ1v) is 11.7. The summed E-state index contributed by atoms with van der Waals surface area (Å²) < 4.78 is 7.57. The molecule has 0 radical (unpaired) electrons. The third kappa shape index (κ3) is 5.66. The topological polar surface area (TPSA) is 93.5 Å². The maximum Gasteiger partial charge on any atom is 0.410 e. The fraction of sp³-hybridized carbons (Fsp3) is 0.538. The van der Waals surface area contributed by atoms with Crippen molar-refractivity contribution in [1.29, 1.82) is 0 Å². The van der Waals surface area contributed by atoms with Crippen LogP contribution in [-0.2, 0) is 22.6 Å². The number of carbonyl (C=O) groups is 3. The number of ketones is 1. The van der Waals surface area contributed by atoms with Crippen LogP contribution in [0.2, 0.25) is 0 Å². The Morgan fingerprint density at radius 2 is 1.71 bits per heavy atom. The second-order valence-electron chi connectivity index (χ2n) is 10.8. The van der Waals surface area contributed by atoms with Crippen molar-refractivity contribution in [2.24, 2.45) is 11.3 Å². The van der Waals surface area contributed by atoms with Crippen LogP contribution in [0.5, 0.6) is 0 Å². The number of hydrogen-bond donors (Lipinski definition) is 1. The van der Waals surface area contributed by atoms with Crippen LogP contribution in [0.4, 0.5) is 4.79 Å². The van der Waals surface area contributed by atoms with Crippen molar-refractivity contribution in [2.75, 3.05) is 13.6 Å². The number of fused-ring (bicyclic) bond motifs is 1. The average Bonchev–Trinajstić information content (AvgIpc) is 3.14. The number of hydrogen-bond acceptors (Lipinski definition) is 5. The van der Waals surface area contributed by atoms with Crippen molar-refractivity contribution in [2.45, 2.75) is 66.7 Å². The fourth-order valence-corrected chi connectivity index (χ4v) is 4.13. The summed E-state index contributed by atoms with van der Waals surface area (Å²) in [6.07, 6.45) is -0.383. The van der Waals surface area contributed by atoms with Crippen LogP contribution >= 0.6 is 0 Å². The molecule has 2 heterocycles. The van der Waals surface area contributed by atoms with Gasteiger partial charge >= 0.3 is 6.09 Å². The number of amides is 2. The Kier molecular flexibility index (Phi) is 7.19. The summed E-state index contributed by atoms with van der Waals surface area (Å²) in [6.45, 7) is 12.5. The van der Waals surface area contributed by atoms with Gasteiger partial charge in [0.15, 0.2) is 5.78 Å². The fourth-order valence-electron chi connectivity index (χ4n) is 4.13. The van der Waals surface area contributed by atoms with E-state index in [4.69, 9.17) is 9.72 Å². The van der Waals surface area contributed by atoms with Gasteiger partial charge < -0.3 is 19.5 Å². The third-order valence-corrected chi connectivity index (χ3v) is 5.95. The van der Waals surface area contributed by atoms with Gasteiger partial charge in [-0.15, -0.1) is 0 Å². The lowest BCUT2D eigenvalue weighted by molar-refractivity contribution is -0.127. The Morgan fingerprint density at radius 1 is 1.06 bits per heavy atom. The van der Waals surface area contributed by atoms with Gasteiger partial charge in [0, 0.05) is 32.1 Å². The number of benzene rings is 1. The first-order valence-electron chi connectivity index (χ1n) is 11.7. The average molecular weight is 469 g/mol. The molecule has 0 spiro atoms. The largest absolute Gasteiger partial charge is 0.444 e. The van der Waals surface area contributed by atoms with Gasteiger partial charge in [-0.25, -0.2) is 9.78 Å². The Labute approximate surface area is 201 Å². The molecule has 0 bridgehead atoms. The van der Waals surface area contributed by atoms with E-state index in [-0.39, 0.29) is 24.7 Å². The van der Waals surface area contributed by atoms with Crippen LogP contribution in [0.1, 0.15) is 64.1 Å². The van der Waals surface area contributed by atoms with E-state index in [9.17, 15) is 14.4 Å². The van der Waals surface area contributed by atoms with E-state index in [2.05, 4.69) is 5.32 Å². The van der Waals surface area contributed by atoms with Crippen molar-refractivity contribution in [1.82, 2.24) is 19.8 Å². The van der Waals surface area contributed by atoms with Crippen LogP contribution in [0.25, 0.3) is 11.4 Å². The molecule has 0 saturated heterocycles. The first kappa shape index (κ1) is 25.5. The molecule has 1 aromatic heterocycles. The van der Waals surface area contributed by atoms with E-state index in [0.29, 0.717) is 30.3 Å². The van der Waals surface area contributed by atoms with Crippen LogP contribution in [0, 0.1) is 11.3 Å². The van der Waals surface area contributed by atoms with Gasteiger partial charge in [-0.2, -0.15) is 0 Å². The van der Waals surface area contributed by atoms with E-state index in [0.717, 1.165) is 5.56 Å². The molecule has 8 nitrogen and oxygen atoms in total. The standard InChI is InChI=1S/C26H36N4O4/c1-25(2,3)18(23(32)27-7)15-20(31)21-19-16-29(24(33)34-26(4,5)6)13-14-30(19)22(28-21)17-11-9-8-10-12-17/h8-12,18H,13-16H2,1-7H3,(H,27,32)/t18-/m0/s1. The predicted molar refractivity (Wildman–Crippen MR) is 130 cm³/mol. The molecule has 8 heteroatoms. The van der Waals surface area contributed by atoms with Crippen molar-refractivity contribution in [3.63, 3.8) is 0 Å². The van der Waals surface area contributed by atoms with E-state index in [1.54, 1.807) is 11.9 Å². The zero-order chi connectivity index (χ0) is 25.3. The molecule has 34 heavy (non-hydrogen) atoms. The Hall–Kier alpha value is -3.16. The van der Waals surface area contributed by atoms with E-state index in [1.807, 2.05) is 76.4 Å².